The number of aryl methyl sites for hydroxylation is 1. The minimum Gasteiger partial charge on any atom is -0.496 e. The van der Waals surface area contributed by atoms with Gasteiger partial charge in [0.2, 0.25) is 5.78 Å². The Morgan fingerprint density at radius 3 is 2.84 bits per heavy atom. The van der Waals surface area contributed by atoms with Gasteiger partial charge in [0, 0.05) is 18.3 Å². The van der Waals surface area contributed by atoms with Crippen molar-refractivity contribution in [3.63, 3.8) is 0 Å². The summed E-state index contributed by atoms with van der Waals surface area (Å²) >= 11 is 3.39. The minimum atomic E-state index is -0.0331. The Morgan fingerprint density at radius 1 is 1.42 bits per heavy atom. The highest BCUT2D eigenvalue weighted by Crippen LogP contribution is 2.26. The van der Waals surface area contributed by atoms with Crippen LogP contribution in [-0.2, 0) is 6.54 Å². The summed E-state index contributed by atoms with van der Waals surface area (Å²) in [5.74, 6) is 0.674. The van der Waals surface area contributed by atoms with E-state index in [1.165, 1.54) is 0 Å². The van der Waals surface area contributed by atoms with Crippen LogP contribution < -0.4 is 4.74 Å². The molecule has 0 atom stereocenters. The van der Waals surface area contributed by atoms with Gasteiger partial charge in [0.25, 0.3) is 0 Å². The zero-order chi connectivity index (χ0) is 13.8. The van der Waals surface area contributed by atoms with Gasteiger partial charge in [0.15, 0.2) is 0 Å². The van der Waals surface area contributed by atoms with Crippen LogP contribution in [0.15, 0.2) is 34.9 Å². The van der Waals surface area contributed by atoms with Crippen LogP contribution in [0.25, 0.3) is 0 Å². The average Bonchev–Trinajstić information content (AvgIpc) is 2.86. The summed E-state index contributed by atoms with van der Waals surface area (Å²) in [6.07, 6.45) is 2.59. The number of rotatable bonds is 5. The molecule has 0 unspecified atom stereocenters. The van der Waals surface area contributed by atoms with Crippen molar-refractivity contribution in [3.05, 3.63) is 46.2 Å². The molecule has 0 spiro atoms. The van der Waals surface area contributed by atoms with E-state index in [1.54, 1.807) is 42.3 Å². The van der Waals surface area contributed by atoms with Gasteiger partial charge >= 0.3 is 0 Å². The Kier molecular flexibility index (Phi) is 4.37. The lowest BCUT2D eigenvalue weighted by molar-refractivity contribution is 0.102. The highest BCUT2D eigenvalue weighted by atomic mass is 79.9. The van der Waals surface area contributed by atoms with E-state index in [4.69, 9.17) is 4.74 Å². The maximum Gasteiger partial charge on any atom is 0.211 e. The number of nitrogens with zero attached hydrogens (tertiary/aromatic N) is 2. The molecule has 0 bridgehead atoms. The molecule has 0 amide bonds. The van der Waals surface area contributed by atoms with Crippen molar-refractivity contribution in [2.75, 3.05) is 7.11 Å². The first-order valence-corrected chi connectivity index (χ1v) is 6.86. The predicted molar refractivity (Wildman–Crippen MR) is 76.6 cm³/mol. The van der Waals surface area contributed by atoms with Crippen LogP contribution in [0.4, 0.5) is 0 Å². The molecule has 0 saturated heterocycles. The van der Waals surface area contributed by atoms with Gasteiger partial charge < -0.3 is 4.74 Å². The number of ether oxygens (including phenoxy) is 1. The molecule has 2 aromatic rings. The fraction of sp³-hybridized carbons (Fsp3) is 0.286. The summed E-state index contributed by atoms with van der Waals surface area (Å²) in [7, 11) is 1.60. The minimum absolute atomic E-state index is 0.0331. The number of ketones is 1. The van der Waals surface area contributed by atoms with Crippen LogP contribution in [-0.4, -0.2) is 22.7 Å². The Balaban J connectivity index is 2.33. The maximum atomic E-state index is 12.4. The fourth-order valence-electron chi connectivity index (χ4n) is 1.87. The summed E-state index contributed by atoms with van der Waals surface area (Å²) < 4.78 is 7.66. The monoisotopic (exact) mass is 322 g/mol. The summed E-state index contributed by atoms with van der Waals surface area (Å²) in [6.45, 7) is 2.80. The number of hydrogen-bond acceptors (Lipinski definition) is 3. The quantitative estimate of drug-likeness (QED) is 0.793. The zero-order valence-electron chi connectivity index (χ0n) is 10.9. The lowest BCUT2D eigenvalue weighted by Gasteiger charge is -2.07. The molecule has 100 valence electrons. The number of carbonyl (C=O) groups excluding carboxylic acids is 1. The van der Waals surface area contributed by atoms with Crippen molar-refractivity contribution >= 4 is 21.7 Å². The normalized spacial score (nSPS) is 10.5. The summed E-state index contributed by atoms with van der Waals surface area (Å²) in [6, 6.07) is 7.05. The molecule has 0 saturated carbocycles. The van der Waals surface area contributed by atoms with Crippen LogP contribution in [0.5, 0.6) is 5.75 Å². The SMILES string of the molecule is CCCn1nccc1C(=O)c1ccc(OC)c(Br)c1. The van der Waals surface area contributed by atoms with Gasteiger partial charge in [-0.15, -0.1) is 0 Å². The molecule has 4 nitrogen and oxygen atoms in total. The number of halogens is 1. The second-order valence-electron chi connectivity index (χ2n) is 4.12. The van der Waals surface area contributed by atoms with Crippen molar-refractivity contribution in [2.45, 2.75) is 19.9 Å². The molecule has 0 fully saturated rings. The van der Waals surface area contributed by atoms with Gasteiger partial charge in [-0.25, -0.2) is 0 Å². The third-order valence-electron chi connectivity index (χ3n) is 2.80. The maximum absolute atomic E-state index is 12.4. The fourth-order valence-corrected chi connectivity index (χ4v) is 2.41. The van der Waals surface area contributed by atoms with Crippen LogP contribution in [0, 0.1) is 0 Å². The Bertz CT molecular complexity index is 593. The van der Waals surface area contributed by atoms with E-state index in [1.807, 2.05) is 0 Å². The van der Waals surface area contributed by atoms with Gasteiger partial charge in [-0.2, -0.15) is 5.10 Å². The molecular formula is C14H15BrN2O2. The molecule has 2 rings (SSSR count). The van der Waals surface area contributed by atoms with E-state index >= 15 is 0 Å². The first-order chi connectivity index (χ1) is 9.17. The topological polar surface area (TPSA) is 44.1 Å². The molecule has 1 aromatic carbocycles. The molecule has 1 heterocycles. The van der Waals surface area contributed by atoms with Crippen molar-refractivity contribution in [1.82, 2.24) is 9.78 Å². The molecule has 0 aliphatic rings. The van der Waals surface area contributed by atoms with Crippen LogP contribution in [0.2, 0.25) is 0 Å². The highest BCUT2D eigenvalue weighted by Gasteiger charge is 2.15. The second kappa shape index (κ2) is 6.02. The predicted octanol–water partition coefficient (Wildman–Crippen LogP) is 3.30. The summed E-state index contributed by atoms with van der Waals surface area (Å²) in [5.41, 5.74) is 1.23. The number of aromatic nitrogens is 2. The molecule has 19 heavy (non-hydrogen) atoms. The van der Waals surface area contributed by atoms with Crippen molar-refractivity contribution in [1.29, 1.82) is 0 Å². The lowest BCUT2D eigenvalue weighted by Crippen LogP contribution is -2.11. The van der Waals surface area contributed by atoms with Crippen LogP contribution >= 0.6 is 15.9 Å². The smallest absolute Gasteiger partial charge is 0.211 e. The van der Waals surface area contributed by atoms with E-state index in [-0.39, 0.29) is 5.78 Å². The van der Waals surface area contributed by atoms with E-state index in [0.29, 0.717) is 17.0 Å². The van der Waals surface area contributed by atoms with E-state index < -0.39 is 0 Å². The van der Waals surface area contributed by atoms with E-state index in [2.05, 4.69) is 28.0 Å². The summed E-state index contributed by atoms with van der Waals surface area (Å²) in [4.78, 5) is 12.4. The van der Waals surface area contributed by atoms with Crippen molar-refractivity contribution in [3.8, 4) is 5.75 Å². The zero-order valence-corrected chi connectivity index (χ0v) is 12.5. The first-order valence-electron chi connectivity index (χ1n) is 6.07. The third kappa shape index (κ3) is 2.87. The van der Waals surface area contributed by atoms with Crippen LogP contribution in [0.1, 0.15) is 29.4 Å². The number of benzene rings is 1. The van der Waals surface area contributed by atoms with E-state index in [9.17, 15) is 4.79 Å². The average molecular weight is 323 g/mol. The molecule has 0 N–H and O–H groups in total. The molecule has 5 heteroatoms. The van der Waals surface area contributed by atoms with Gasteiger partial charge in [0.1, 0.15) is 11.4 Å². The molecular weight excluding hydrogens is 308 g/mol. The van der Waals surface area contributed by atoms with E-state index in [0.717, 1.165) is 17.4 Å². The van der Waals surface area contributed by atoms with Gasteiger partial charge in [-0.1, -0.05) is 6.92 Å². The Hall–Kier alpha value is -1.62. The first kappa shape index (κ1) is 13.8. The van der Waals surface area contributed by atoms with Crippen molar-refractivity contribution in [2.24, 2.45) is 0 Å². The highest BCUT2D eigenvalue weighted by molar-refractivity contribution is 9.10. The number of hydrogen-bond donors (Lipinski definition) is 0. The number of methoxy groups -OCH3 is 1. The van der Waals surface area contributed by atoms with Crippen molar-refractivity contribution < 1.29 is 9.53 Å². The molecule has 1 aromatic heterocycles. The van der Waals surface area contributed by atoms with Gasteiger partial charge in [-0.05, 0) is 46.6 Å². The van der Waals surface area contributed by atoms with Gasteiger partial charge in [-0.3, -0.25) is 9.48 Å². The summed E-state index contributed by atoms with van der Waals surface area (Å²) in [5, 5.41) is 4.17. The molecule has 0 radical (unpaired) electrons. The largest absolute Gasteiger partial charge is 0.496 e. The standard InChI is InChI=1S/C14H15BrN2O2/c1-3-8-17-12(6-7-16-17)14(18)10-4-5-13(19-2)11(15)9-10/h4-7,9H,3,8H2,1-2H3. The molecule has 0 aliphatic heterocycles. The molecule has 0 aliphatic carbocycles. The second-order valence-corrected chi connectivity index (χ2v) is 4.97. The van der Waals surface area contributed by atoms with Crippen LogP contribution in [0.3, 0.4) is 0 Å². The third-order valence-corrected chi connectivity index (χ3v) is 3.42. The Morgan fingerprint density at radius 2 is 2.21 bits per heavy atom. The Labute approximate surface area is 120 Å². The van der Waals surface area contributed by atoms with Gasteiger partial charge in [0.05, 0.1) is 11.6 Å². The number of carbonyl (C=O) groups is 1. The lowest BCUT2D eigenvalue weighted by atomic mass is 10.1.